The van der Waals surface area contributed by atoms with Crippen molar-refractivity contribution >= 4 is 0 Å². The Bertz CT molecular complexity index is 459. The highest BCUT2D eigenvalue weighted by atomic mass is 16.5. The van der Waals surface area contributed by atoms with Gasteiger partial charge in [0, 0.05) is 12.7 Å². The first-order chi connectivity index (χ1) is 13.3. The van der Waals surface area contributed by atoms with Gasteiger partial charge in [0.1, 0.15) is 0 Å². The van der Waals surface area contributed by atoms with Gasteiger partial charge in [-0.1, -0.05) is 63.7 Å². The molecular weight excluding hydrogens is 330 g/mol. The van der Waals surface area contributed by atoms with Crippen LogP contribution in [0, 0.1) is 29.1 Å². The Morgan fingerprint density at radius 2 is 1.52 bits per heavy atom. The smallest absolute Gasteiger partial charge is 0.0912 e. The van der Waals surface area contributed by atoms with Crippen LogP contribution >= 0.6 is 0 Å². The number of hydrogen-bond acceptors (Lipinski definition) is 2. The summed E-state index contributed by atoms with van der Waals surface area (Å²) >= 11 is 0. The molecule has 0 amide bonds. The van der Waals surface area contributed by atoms with E-state index in [1.165, 1.54) is 89.5 Å². The minimum Gasteiger partial charge on any atom is -0.378 e. The van der Waals surface area contributed by atoms with Gasteiger partial charge in [0.2, 0.25) is 0 Å². The maximum Gasteiger partial charge on any atom is 0.0912 e. The minimum absolute atomic E-state index is 0.526. The molecule has 2 fully saturated rings. The second-order valence-electron chi connectivity index (χ2n) is 8.85. The average Bonchev–Trinajstić information content (AvgIpc) is 2.71. The van der Waals surface area contributed by atoms with Gasteiger partial charge >= 0.3 is 0 Å². The summed E-state index contributed by atoms with van der Waals surface area (Å²) in [6.07, 6.45) is 27.0. The summed E-state index contributed by atoms with van der Waals surface area (Å²) in [5.74, 6) is 2.71. The SMILES string of the molecule is CCCCCC1CCC(COC2CCC(CCC=CC=CC#N)CC2)CC1. The lowest BCUT2D eigenvalue weighted by atomic mass is 9.80. The van der Waals surface area contributed by atoms with Gasteiger partial charge in [0.25, 0.3) is 0 Å². The summed E-state index contributed by atoms with van der Waals surface area (Å²) in [4.78, 5) is 0. The fourth-order valence-corrected chi connectivity index (χ4v) is 4.83. The zero-order valence-corrected chi connectivity index (χ0v) is 17.6. The lowest BCUT2D eigenvalue weighted by Crippen LogP contribution is -2.26. The molecule has 0 atom stereocenters. The van der Waals surface area contributed by atoms with Crippen LogP contribution in [0.4, 0.5) is 0 Å². The van der Waals surface area contributed by atoms with Gasteiger partial charge in [-0.05, 0) is 69.1 Å². The van der Waals surface area contributed by atoms with Gasteiger partial charge in [0.15, 0.2) is 0 Å². The van der Waals surface area contributed by atoms with Crippen LogP contribution in [0.3, 0.4) is 0 Å². The molecule has 0 aromatic heterocycles. The number of rotatable bonds is 11. The van der Waals surface area contributed by atoms with Crippen molar-refractivity contribution in [2.75, 3.05) is 6.61 Å². The van der Waals surface area contributed by atoms with Crippen LogP contribution in [-0.4, -0.2) is 12.7 Å². The predicted molar refractivity (Wildman–Crippen MR) is 114 cm³/mol. The normalized spacial score (nSPS) is 29.3. The molecule has 27 heavy (non-hydrogen) atoms. The highest BCUT2D eigenvalue weighted by molar-refractivity contribution is 5.11. The fraction of sp³-hybridized carbons (Fsp3) is 0.800. The molecule has 152 valence electrons. The molecule has 2 saturated carbocycles. The fourth-order valence-electron chi connectivity index (χ4n) is 4.83. The number of unbranched alkanes of at least 4 members (excludes halogenated alkanes) is 2. The summed E-state index contributed by atoms with van der Waals surface area (Å²) in [7, 11) is 0. The molecule has 2 aliphatic rings. The Morgan fingerprint density at radius 1 is 0.852 bits per heavy atom. The summed E-state index contributed by atoms with van der Waals surface area (Å²) in [5.41, 5.74) is 0. The molecule has 0 radical (unpaired) electrons. The average molecular weight is 372 g/mol. The summed E-state index contributed by atoms with van der Waals surface area (Å²) in [6.45, 7) is 3.32. The van der Waals surface area contributed by atoms with Crippen molar-refractivity contribution < 1.29 is 4.74 Å². The first kappa shape index (κ1) is 22.2. The monoisotopic (exact) mass is 371 g/mol. The van der Waals surface area contributed by atoms with Crippen molar-refractivity contribution in [2.24, 2.45) is 17.8 Å². The number of nitrogens with zero attached hydrogens (tertiary/aromatic N) is 1. The van der Waals surface area contributed by atoms with E-state index in [-0.39, 0.29) is 0 Å². The Hall–Kier alpha value is -1.07. The molecular formula is C25H41NO. The second kappa shape index (κ2) is 14.0. The van der Waals surface area contributed by atoms with Crippen LogP contribution in [0.1, 0.15) is 96.8 Å². The number of ether oxygens (including phenoxy) is 1. The Morgan fingerprint density at radius 3 is 2.22 bits per heavy atom. The Kier molecular flexibility index (Phi) is 11.5. The highest BCUT2D eigenvalue weighted by Gasteiger charge is 2.24. The lowest BCUT2D eigenvalue weighted by molar-refractivity contribution is -0.0102. The third-order valence-electron chi connectivity index (χ3n) is 6.70. The van der Waals surface area contributed by atoms with E-state index in [4.69, 9.17) is 10.00 Å². The summed E-state index contributed by atoms with van der Waals surface area (Å²) in [5, 5.41) is 8.45. The van der Waals surface area contributed by atoms with Gasteiger partial charge in [-0.3, -0.25) is 0 Å². The van der Waals surface area contributed by atoms with E-state index in [2.05, 4.69) is 13.0 Å². The van der Waals surface area contributed by atoms with Crippen LogP contribution in [0.15, 0.2) is 24.3 Å². The van der Waals surface area contributed by atoms with E-state index in [1.54, 1.807) is 0 Å². The summed E-state index contributed by atoms with van der Waals surface area (Å²) in [6, 6.07) is 2.01. The molecule has 2 nitrogen and oxygen atoms in total. The molecule has 2 aliphatic carbocycles. The topological polar surface area (TPSA) is 33.0 Å². The Labute approximate surface area is 168 Å². The van der Waals surface area contributed by atoms with Crippen molar-refractivity contribution in [1.29, 1.82) is 5.26 Å². The quantitative estimate of drug-likeness (QED) is 0.216. The van der Waals surface area contributed by atoms with Gasteiger partial charge in [-0.15, -0.1) is 0 Å². The van der Waals surface area contributed by atoms with E-state index >= 15 is 0 Å². The third-order valence-corrected chi connectivity index (χ3v) is 6.70. The van der Waals surface area contributed by atoms with Crippen LogP contribution < -0.4 is 0 Å². The largest absolute Gasteiger partial charge is 0.378 e. The molecule has 2 rings (SSSR count). The highest BCUT2D eigenvalue weighted by Crippen LogP contribution is 2.34. The minimum atomic E-state index is 0.526. The molecule has 2 heteroatoms. The standard InChI is InChI=1S/C25H41NO/c1-2-3-7-10-22-12-14-24(15-13-22)21-27-25-18-16-23(17-19-25)11-8-5-4-6-9-20-26/h4-6,9,22-25H,2-3,7-8,10-19,21H2,1H3. The first-order valence-corrected chi connectivity index (χ1v) is 11.6. The molecule has 0 spiro atoms. The molecule has 0 aliphatic heterocycles. The molecule has 0 aromatic carbocycles. The van der Waals surface area contributed by atoms with Crippen LogP contribution in [-0.2, 0) is 4.74 Å². The van der Waals surface area contributed by atoms with E-state index < -0.39 is 0 Å². The lowest BCUT2D eigenvalue weighted by Gasteiger charge is -2.32. The molecule has 0 N–H and O–H groups in total. The van der Waals surface area contributed by atoms with Crippen molar-refractivity contribution in [3.63, 3.8) is 0 Å². The van der Waals surface area contributed by atoms with Crippen LogP contribution in [0.2, 0.25) is 0 Å². The number of hydrogen-bond donors (Lipinski definition) is 0. The molecule has 0 bridgehead atoms. The van der Waals surface area contributed by atoms with Gasteiger partial charge in [-0.25, -0.2) is 0 Å². The molecule has 0 aromatic rings. The zero-order valence-electron chi connectivity index (χ0n) is 17.6. The van der Waals surface area contributed by atoms with Crippen LogP contribution in [0.5, 0.6) is 0 Å². The first-order valence-electron chi connectivity index (χ1n) is 11.6. The Balaban J connectivity index is 1.50. The van der Waals surface area contributed by atoms with E-state index in [1.807, 2.05) is 18.2 Å². The number of nitriles is 1. The van der Waals surface area contributed by atoms with E-state index in [9.17, 15) is 0 Å². The van der Waals surface area contributed by atoms with Gasteiger partial charge in [0.05, 0.1) is 12.2 Å². The maximum atomic E-state index is 8.45. The maximum absolute atomic E-state index is 8.45. The summed E-state index contributed by atoms with van der Waals surface area (Å²) < 4.78 is 6.32. The molecule has 0 heterocycles. The van der Waals surface area contributed by atoms with Gasteiger partial charge < -0.3 is 4.74 Å². The van der Waals surface area contributed by atoms with Crippen LogP contribution in [0.25, 0.3) is 0 Å². The van der Waals surface area contributed by atoms with Crippen molar-refractivity contribution in [2.45, 2.75) is 103 Å². The van der Waals surface area contributed by atoms with Crippen molar-refractivity contribution in [3.05, 3.63) is 24.3 Å². The second-order valence-corrected chi connectivity index (χ2v) is 8.85. The number of allylic oxidation sites excluding steroid dienone is 4. The van der Waals surface area contributed by atoms with Crippen molar-refractivity contribution in [1.82, 2.24) is 0 Å². The zero-order chi connectivity index (χ0) is 19.2. The van der Waals surface area contributed by atoms with Gasteiger partial charge in [-0.2, -0.15) is 5.26 Å². The third kappa shape index (κ3) is 9.61. The van der Waals surface area contributed by atoms with E-state index in [0.717, 1.165) is 30.8 Å². The molecule has 0 saturated heterocycles. The predicted octanol–water partition coefficient (Wildman–Crippen LogP) is 7.36. The van der Waals surface area contributed by atoms with E-state index in [0.29, 0.717) is 6.10 Å². The molecule has 0 unspecified atom stereocenters. The van der Waals surface area contributed by atoms with Crippen molar-refractivity contribution in [3.8, 4) is 6.07 Å².